The number of pyridine rings is 1. The highest BCUT2D eigenvalue weighted by Crippen LogP contribution is 2.36. The highest BCUT2D eigenvalue weighted by molar-refractivity contribution is 9.10. The first-order valence-corrected chi connectivity index (χ1v) is 6.63. The van der Waals surface area contributed by atoms with Gasteiger partial charge in [0.2, 0.25) is 5.88 Å². The molecule has 0 atom stereocenters. The number of benzene rings is 1. The van der Waals surface area contributed by atoms with Crippen LogP contribution in [0.4, 0.5) is 0 Å². The molecule has 1 heterocycles. The minimum atomic E-state index is 0.338. The summed E-state index contributed by atoms with van der Waals surface area (Å²) in [6.45, 7) is 0.338. The van der Waals surface area contributed by atoms with E-state index in [1.54, 1.807) is 24.4 Å². The van der Waals surface area contributed by atoms with Crippen LogP contribution in [0.5, 0.6) is 11.6 Å². The summed E-state index contributed by atoms with van der Waals surface area (Å²) in [5, 5.41) is 0.958. The van der Waals surface area contributed by atoms with Crippen LogP contribution in [-0.4, -0.2) is 4.98 Å². The van der Waals surface area contributed by atoms with Crippen LogP contribution >= 0.6 is 39.1 Å². The van der Waals surface area contributed by atoms with Crippen LogP contribution in [0.3, 0.4) is 0 Å². The molecule has 0 aliphatic heterocycles. The molecule has 0 saturated heterocycles. The van der Waals surface area contributed by atoms with Gasteiger partial charge in [-0.25, -0.2) is 4.98 Å². The maximum atomic E-state index is 6.07. The molecule has 0 amide bonds. The summed E-state index contributed by atoms with van der Waals surface area (Å²) in [6.07, 6.45) is 1.63. The Hall–Kier alpha value is -0.810. The fraction of sp³-hybridized carbons (Fsp3) is 0.0833. The van der Waals surface area contributed by atoms with Gasteiger partial charge in [0.05, 0.1) is 10.0 Å². The number of nitrogens with two attached hydrogens (primary N) is 1. The second-order valence-corrected chi connectivity index (χ2v) is 5.14. The van der Waals surface area contributed by atoms with Crippen molar-refractivity contribution in [3.05, 3.63) is 50.5 Å². The Kier molecular flexibility index (Phi) is 4.45. The monoisotopic (exact) mass is 346 g/mol. The van der Waals surface area contributed by atoms with Crippen molar-refractivity contribution in [2.75, 3.05) is 0 Å². The molecule has 3 nitrogen and oxygen atoms in total. The van der Waals surface area contributed by atoms with E-state index in [2.05, 4.69) is 20.9 Å². The lowest BCUT2D eigenvalue weighted by molar-refractivity contribution is 0.456. The summed E-state index contributed by atoms with van der Waals surface area (Å²) < 4.78 is 6.35. The van der Waals surface area contributed by atoms with Crippen molar-refractivity contribution < 1.29 is 4.74 Å². The van der Waals surface area contributed by atoms with E-state index in [0.717, 1.165) is 5.56 Å². The van der Waals surface area contributed by atoms with Gasteiger partial charge in [-0.15, -0.1) is 0 Å². The van der Waals surface area contributed by atoms with Gasteiger partial charge in [-0.3, -0.25) is 0 Å². The van der Waals surface area contributed by atoms with E-state index in [-0.39, 0.29) is 0 Å². The molecule has 0 aliphatic rings. The van der Waals surface area contributed by atoms with Crippen LogP contribution in [0, 0.1) is 0 Å². The molecule has 6 heteroatoms. The van der Waals surface area contributed by atoms with E-state index in [9.17, 15) is 0 Å². The molecule has 0 fully saturated rings. The summed E-state index contributed by atoms with van der Waals surface area (Å²) in [4.78, 5) is 4.12. The van der Waals surface area contributed by atoms with Gasteiger partial charge in [0, 0.05) is 28.8 Å². The summed E-state index contributed by atoms with van der Waals surface area (Å²) in [6, 6.07) is 6.94. The number of nitrogens with zero attached hydrogens (tertiary/aromatic N) is 1. The molecular formula is C12H9BrCl2N2O. The van der Waals surface area contributed by atoms with Crippen LogP contribution in [-0.2, 0) is 6.54 Å². The normalized spacial score (nSPS) is 10.4. The van der Waals surface area contributed by atoms with E-state index in [1.807, 2.05) is 6.07 Å². The average Bonchev–Trinajstić information content (AvgIpc) is 2.36. The molecule has 0 unspecified atom stereocenters. The molecule has 0 bridgehead atoms. The molecule has 2 N–H and O–H groups in total. The van der Waals surface area contributed by atoms with Crippen LogP contribution < -0.4 is 10.5 Å². The van der Waals surface area contributed by atoms with Gasteiger partial charge >= 0.3 is 0 Å². The van der Waals surface area contributed by atoms with Crippen LogP contribution in [0.15, 0.2) is 34.9 Å². The molecule has 94 valence electrons. The number of aromatic nitrogens is 1. The Bertz CT molecular complexity index is 578. The van der Waals surface area contributed by atoms with Crippen LogP contribution in [0.1, 0.15) is 5.56 Å². The first kappa shape index (κ1) is 13.6. The minimum Gasteiger partial charge on any atom is -0.437 e. The zero-order chi connectivity index (χ0) is 13.1. The number of halogens is 3. The average molecular weight is 348 g/mol. The van der Waals surface area contributed by atoms with E-state index in [0.29, 0.717) is 32.7 Å². The Morgan fingerprint density at radius 2 is 2.06 bits per heavy atom. The summed E-state index contributed by atoms with van der Waals surface area (Å²) in [5.74, 6) is 0.874. The first-order valence-electron chi connectivity index (χ1n) is 5.08. The van der Waals surface area contributed by atoms with E-state index < -0.39 is 0 Å². The van der Waals surface area contributed by atoms with Gasteiger partial charge in [0.1, 0.15) is 5.75 Å². The second kappa shape index (κ2) is 5.89. The molecule has 2 aromatic rings. The van der Waals surface area contributed by atoms with Gasteiger partial charge < -0.3 is 10.5 Å². The number of rotatable bonds is 3. The smallest absolute Gasteiger partial charge is 0.223 e. The third kappa shape index (κ3) is 2.95. The molecular weight excluding hydrogens is 339 g/mol. The molecule has 1 aromatic carbocycles. The standard InChI is InChI=1S/C12H9BrCl2N2O/c13-8-4-10(15)11(5-9(8)14)18-12-7(6-16)2-1-3-17-12/h1-5H,6,16H2. The van der Waals surface area contributed by atoms with Gasteiger partial charge in [-0.2, -0.15) is 0 Å². The fourth-order valence-corrected chi connectivity index (χ4v) is 2.19. The lowest BCUT2D eigenvalue weighted by atomic mass is 10.3. The Labute approximate surface area is 123 Å². The molecule has 0 aliphatic carbocycles. The van der Waals surface area contributed by atoms with Crippen molar-refractivity contribution in [2.45, 2.75) is 6.54 Å². The predicted molar refractivity (Wildman–Crippen MR) is 76.4 cm³/mol. The van der Waals surface area contributed by atoms with E-state index >= 15 is 0 Å². The van der Waals surface area contributed by atoms with Gasteiger partial charge in [-0.1, -0.05) is 29.3 Å². The zero-order valence-corrected chi connectivity index (χ0v) is 12.3. The quantitative estimate of drug-likeness (QED) is 0.837. The van der Waals surface area contributed by atoms with Gasteiger partial charge in [-0.05, 0) is 28.1 Å². The van der Waals surface area contributed by atoms with Crippen molar-refractivity contribution >= 4 is 39.1 Å². The fourth-order valence-electron chi connectivity index (χ4n) is 1.36. The van der Waals surface area contributed by atoms with Crippen molar-refractivity contribution in [1.29, 1.82) is 0 Å². The number of hydrogen-bond acceptors (Lipinski definition) is 3. The Balaban J connectivity index is 2.37. The summed E-state index contributed by atoms with van der Waals surface area (Å²) in [5.41, 5.74) is 6.41. The SMILES string of the molecule is NCc1cccnc1Oc1cc(Cl)c(Br)cc1Cl. The maximum absolute atomic E-state index is 6.07. The van der Waals surface area contributed by atoms with Crippen molar-refractivity contribution in [3.8, 4) is 11.6 Å². The molecule has 0 radical (unpaired) electrons. The predicted octanol–water partition coefficient (Wildman–Crippen LogP) is 4.40. The Morgan fingerprint density at radius 1 is 1.28 bits per heavy atom. The van der Waals surface area contributed by atoms with Crippen molar-refractivity contribution in [1.82, 2.24) is 4.98 Å². The van der Waals surface area contributed by atoms with Crippen LogP contribution in [0.2, 0.25) is 10.0 Å². The highest BCUT2D eigenvalue weighted by atomic mass is 79.9. The van der Waals surface area contributed by atoms with Gasteiger partial charge in [0.25, 0.3) is 0 Å². The molecule has 0 spiro atoms. The highest BCUT2D eigenvalue weighted by Gasteiger charge is 2.10. The van der Waals surface area contributed by atoms with E-state index in [1.165, 1.54) is 0 Å². The van der Waals surface area contributed by atoms with Crippen LogP contribution in [0.25, 0.3) is 0 Å². The third-order valence-electron chi connectivity index (χ3n) is 2.25. The molecule has 2 rings (SSSR count). The summed E-state index contributed by atoms with van der Waals surface area (Å²) >= 11 is 15.4. The van der Waals surface area contributed by atoms with Crippen molar-refractivity contribution in [3.63, 3.8) is 0 Å². The maximum Gasteiger partial charge on any atom is 0.223 e. The summed E-state index contributed by atoms with van der Waals surface area (Å²) in [7, 11) is 0. The lowest BCUT2D eigenvalue weighted by Crippen LogP contribution is -2.01. The van der Waals surface area contributed by atoms with Crippen molar-refractivity contribution in [2.24, 2.45) is 5.73 Å². The lowest BCUT2D eigenvalue weighted by Gasteiger charge is -2.10. The number of ether oxygens (including phenoxy) is 1. The van der Waals surface area contributed by atoms with Gasteiger partial charge in [0.15, 0.2) is 0 Å². The minimum absolute atomic E-state index is 0.338. The first-order chi connectivity index (χ1) is 8.61. The van der Waals surface area contributed by atoms with E-state index in [4.69, 9.17) is 33.7 Å². The molecule has 0 saturated carbocycles. The largest absolute Gasteiger partial charge is 0.437 e. The second-order valence-electron chi connectivity index (χ2n) is 3.47. The molecule has 1 aromatic heterocycles. The zero-order valence-electron chi connectivity index (χ0n) is 9.16. The number of hydrogen-bond donors (Lipinski definition) is 1. The topological polar surface area (TPSA) is 48.1 Å². The Morgan fingerprint density at radius 3 is 2.78 bits per heavy atom. The molecule has 18 heavy (non-hydrogen) atoms. The third-order valence-corrected chi connectivity index (χ3v) is 3.74.